The monoisotopic (exact) mass is 321 g/mol. The van der Waals surface area contributed by atoms with Gasteiger partial charge in [-0.2, -0.15) is 0 Å². The molecule has 6 heteroatoms. The van der Waals surface area contributed by atoms with Gasteiger partial charge in [0.1, 0.15) is 0 Å². The van der Waals surface area contributed by atoms with E-state index in [0.717, 1.165) is 12.8 Å². The van der Waals surface area contributed by atoms with Gasteiger partial charge in [0.2, 0.25) is 5.91 Å². The summed E-state index contributed by atoms with van der Waals surface area (Å²) in [4.78, 5) is 28.3. The fourth-order valence-corrected chi connectivity index (χ4v) is 3.05. The van der Waals surface area contributed by atoms with Crippen LogP contribution in [0.1, 0.15) is 19.3 Å². The third-order valence-corrected chi connectivity index (χ3v) is 4.62. The molecule has 1 N–H and O–H groups in total. The second kappa shape index (κ2) is 8.26. The second-order valence-electron chi connectivity index (χ2n) is 6.52. The summed E-state index contributed by atoms with van der Waals surface area (Å²) in [6.07, 6.45) is 3.93. The molecule has 0 aliphatic carbocycles. The Labute approximate surface area is 137 Å². The topological polar surface area (TPSA) is 65.8 Å². The maximum Gasteiger partial charge on any atom is 0.250 e. The SMILES string of the molecule is CN(C)[C@@H]1CC[C@H](CO)CN(C(=O)CCn2ccccc2=O)C1. The van der Waals surface area contributed by atoms with Gasteiger partial charge in [0.25, 0.3) is 5.56 Å². The summed E-state index contributed by atoms with van der Waals surface area (Å²) in [5, 5.41) is 9.49. The molecule has 1 saturated heterocycles. The van der Waals surface area contributed by atoms with E-state index >= 15 is 0 Å². The van der Waals surface area contributed by atoms with Gasteiger partial charge in [0, 0.05) is 51.0 Å². The van der Waals surface area contributed by atoms with Crippen molar-refractivity contribution in [3.05, 3.63) is 34.7 Å². The molecule has 1 aromatic rings. The van der Waals surface area contributed by atoms with Crippen LogP contribution in [-0.4, -0.2) is 65.2 Å². The van der Waals surface area contributed by atoms with Crippen LogP contribution in [0.3, 0.4) is 0 Å². The van der Waals surface area contributed by atoms with E-state index in [1.807, 2.05) is 19.0 Å². The van der Waals surface area contributed by atoms with E-state index in [4.69, 9.17) is 0 Å². The molecule has 0 saturated carbocycles. The Bertz CT molecular complexity index is 570. The van der Waals surface area contributed by atoms with Gasteiger partial charge in [-0.15, -0.1) is 0 Å². The Hall–Kier alpha value is -1.66. The summed E-state index contributed by atoms with van der Waals surface area (Å²) < 4.78 is 1.56. The number of carbonyl (C=O) groups excluding carboxylic acids is 1. The number of aliphatic hydroxyl groups excluding tert-OH is 1. The van der Waals surface area contributed by atoms with E-state index in [-0.39, 0.29) is 24.0 Å². The quantitative estimate of drug-likeness (QED) is 0.852. The highest BCUT2D eigenvalue weighted by atomic mass is 16.3. The molecule has 1 aromatic heterocycles. The van der Waals surface area contributed by atoms with E-state index < -0.39 is 0 Å². The number of likely N-dealkylation sites (tertiary alicyclic amines) is 1. The third kappa shape index (κ3) is 4.91. The van der Waals surface area contributed by atoms with Crippen molar-refractivity contribution in [2.24, 2.45) is 5.92 Å². The smallest absolute Gasteiger partial charge is 0.250 e. The average molecular weight is 321 g/mol. The molecule has 1 fully saturated rings. The molecular weight excluding hydrogens is 294 g/mol. The molecule has 23 heavy (non-hydrogen) atoms. The van der Waals surface area contributed by atoms with Crippen LogP contribution in [-0.2, 0) is 11.3 Å². The number of pyridine rings is 1. The van der Waals surface area contributed by atoms with Crippen molar-refractivity contribution >= 4 is 5.91 Å². The lowest BCUT2D eigenvalue weighted by molar-refractivity contribution is -0.132. The number of hydrogen-bond donors (Lipinski definition) is 1. The van der Waals surface area contributed by atoms with Crippen LogP contribution in [0.25, 0.3) is 0 Å². The second-order valence-corrected chi connectivity index (χ2v) is 6.52. The van der Waals surface area contributed by atoms with Crippen molar-refractivity contribution in [1.82, 2.24) is 14.4 Å². The zero-order valence-electron chi connectivity index (χ0n) is 14.0. The summed E-state index contributed by atoms with van der Waals surface area (Å²) in [6, 6.07) is 5.31. The molecule has 2 rings (SSSR count). The lowest BCUT2D eigenvalue weighted by Gasteiger charge is -2.29. The zero-order chi connectivity index (χ0) is 16.8. The van der Waals surface area contributed by atoms with Crippen LogP contribution in [0.2, 0.25) is 0 Å². The third-order valence-electron chi connectivity index (χ3n) is 4.62. The average Bonchev–Trinajstić information content (AvgIpc) is 2.76. The number of amides is 1. The lowest BCUT2D eigenvalue weighted by atomic mass is 10.0. The number of aliphatic hydroxyl groups is 1. The van der Waals surface area contributed by atoms with Crippen LogP contribution in [0.15, 0.2) is 29.2 Å². The Balaban J connectivity index is 2.00. The fraction of sp³-hybridized carbons (Fsp3) is 0.647. The van der Waals surface area contributed by atoms with E-state index in [1.165, 1.54) is 6.07 Å². The molecule has 0 bridgehead atoms. The molecule has 1 aliphatic heterocycles. The van der Waals surface area contributed by atoms with Gasteiger partial charge >= 0.3 is 0 Å². The molecule has 128 valence electrons. The minimum absolute atomic E-state index is 0.0490. The fourth-order valence-electron chi connectivity index (χ4n) is 3.05. The lowest BCUT2D eigenvalue weighted by Crippen LogP contribution is -2.43. The van der Waals surface area contributed by atoms with Crippen molar-refractivity contribution in [2.45, 2.75) is 31.8 Å². The standard InChI is InChI=1S/C17H27N3O3/c1-18(2)15-7-6-14(13-21)11-20(12-15)17(23)8-10-19-9-4-3-5-16(19)22/h3-5,9,14-15,21H,6-8,10-13H2,1-2H3/t14-,15+/m0/s1. The molecule has 1 amide bonds. The van der Waals surface area contributed by atoms with Crippen molar-refractivity contribution in [3.63, 3.8) is 0 Å². The molecule has 2 heterocycles. The van der Waals surface area contributed by atoms with Crippen molar-refractivity contribution in [3.8, 4) is 0 Å². The van der Waals surface area contributed by atoms with Crippen molar-refractivity contribution in [1.29, 1.82) is 0 Å². The first-order valence-electron chi connectivity index (χ1n) is 8.21. The zero-order valence-corrected chi connectivity index (χ0v) is 14.0. The maximum atomic E-state index is 12.6. The van der Waals surface area contributed by atoms with E-state index in [1.54, 1.807) is 22.9 Å². The van der Waals surface area contributed by atoms with Gasteiger partial charge in [-0.05, 0) is 38.9 Å². The first kappa shape index (κ1) is 17.7. The Kier molecular flexibility index (Phi) is 6.36. The minimum Gasteiger partial charge on any atom is -0.396 e. The van der Waals surface area contributed by atoms with Gasteiger partial charge < -0.3 is 19.5 Å². The van der Waals surface area contributed by atoms with Crippen LogP contribution in [0, 0.1) is 5.92 Å². The summed E-state index contributed by atoms with van der Waals surface area (Å²) in [7, 11) is 4.05. The van der Waals surface area contributed by atoms with Gasteiger partial charge in [-0.3, -0.25) is 9.59 Å². The molecule has 1 aliphatic rings. The van der Waals surface area contributed by atoms with E-state index in [9.17, 15) is 14.7 Å². The van der Waals surface area contributed by atoms with Crippen LogP contribution < -0.4 is 5.56 Å². The van der Waals surface area contributed by atoms with Crippen LogP contribution in [0.5, 0.6) is 0 Å². The van der Waals surface area contributed by atoms with Crippen molar-refractivity contribution in [2.75, 3.05) is 33.8 Å². The molecule has 0 aromatic carbocycles. The number of aromatic nitrogens is 1. The maximum absolute atomic E-state index is 12.6. The Morgan fingerprint density at radius 3 is 2.74 bits per heavy atom. The normalized spacial score (nSPS) is 22.2. The molecule has 0 radical (unpaired) electrons. The highest BCUT2D eigenvalue weighted by molar-refractivity contribution is 5.76. The molecule has 0 spiro atoms. The number of nitrogens with zero attached hydrogens (tertiary/aromatic N) is 3. The summed E-state index contributed by atoms with van der Waals surface area (Å²) in [5.41, 5.74) is -0.0874. The van der Waals surface area contributed by atoms with Gasteiger partial charge in [0.05, 0.1) is 0 Å². The van der Waals surface area contributed by atoms with Crippen molar-refractivity contribution < 1.29 is 9.90 Å². The summed E-state index contributed by atoms with van der Waals surface area (Å²) in [5.74, 6) is 0.191. The van der Waals surface area contributed by atoms with Gasteiger partial charge in [0.15, 0.2) is 0 Å². The minimum atomic E-state index is -0.0874. The van der Waals surface area contributed by atoms with Gasteiger partial charge in [-0.1, -0.05) is 6.07 Å². The number of carbonyl (C=O) groups is 1. The van der Waals surface area contributed by atoms with E-state index in [2.05, 4.69) is 4.90 Å². The van der Waals surface area contributed by atoms with Crippen LogP contribution in [0.4, 0.5) is 0 Å². The highest BCUT2D eigenvalue weighted by Crippen LogP contribution is 2.19. The first-order valence-corrected chi connectivity index (χ1v) is 8.21. The Morgan fingerprint density at radius 2 is 2.09 bits per heavy atom. The summed E-state index contributed by atoms with van der Waals surface area (Å²) >= 11 is 0. The number of hydrogen-bond acceptors (Lipinski definition) is 4. The summed E-state index contributed by atoms with van der Waals surface area (Å²) in [6.45, 7) is 1.79. The predicted octanol–water partition coefficient (Wildman–Crippen LogP) is 0.399. The Morgan fingerprint density at radius 1 is 1.30 bits per heavy atom. The number of likely N-dealkylation sites (N-methyl/N-ethyl adjacent to an activating group) is 1. The molecular formula is C17H27N3O3. The number of aryl methyl sites for hydroxylation is 1. The van der Waals surface area contributed by atoms with E-state index in [0.29, 0.717) is 32.1 Å². The van der Waals surface area contributed by atoms with Crippen LogP contribution >= 0.6 is 0 Å². The largest absolute Gasteiger partial charge is 0.396 e. The number of rotatable bonds is 5. The molecule has 0 unspecified atom stereocenters. The van der Waals surface area contributed by atoms with Gasteiger partial charge in [-0.25, -0.2) is 0 Å². The predicted molar refractivity (Wildman–Crippen MR) is 89.2 cm³/mol. The molecule has 2 atom stereocenters. The first-order chi connectivity index (χ1) is 11.0. The highest BCUT2D eigenvalue weighted by Gasteiger charge is 2.27. The molecule has 6 nitrogen and oxygen atoms in total.